The first-order valence-electron chi connectivity index (χ1n) is 7.92. The van der Waals surface area contributed by atoms with Crippen LogP contribution in [0.2, 0.25) is 0 Å². The molecule has 23 heavy (non-hydrogen) atoms. The molecule has 1 heterocycles. The van der Waals surface area contributed by atoms with Gasteiger partial charge in [-0.3, -0.25) is 4.79 Å². The van der Waals surface area contributed by atoms with E-state index in [0.717, 1.165) is 17.7 Å². The van der Waals surface area contributed by atoms with Crippen molar-refractivity contribution in [3.8, 4) is 11.5 Å². The van der Waals surface area contributed by atoms with Crippen LogP contribution in [0.4, 0.5) is 0 Å². The molecule has 0 atom stereocenters. The highest BCUT2D eigenvalue weighted by molar-refractivity contribution is 5.97. The fourth-order valence-electron chi connectivity index (χ4n) is 2.76. The highest BCUT2D eigenvalue weighted by Crippen LogP contribution is 2.26. The van der Waals surface area contributed by atoms with Gasteiger partial charge >= 0.3 is 0 Å². The zero-order valence-corrected chi connectivity index (χ0v) is 13.5. The molecule has 1 fully saturated rings. The molecule has 0 spiro atoms. The van der Waals surface area contributed by atoms with E-state index in [1.54, 1.807) is 17.0 Å². The van der Waals surface area contributed by atoms with Gasteiger partial charge < -0.3 is 14.7 Å². The highest BCUT2D eigenvalue weighted by atomic mass is 16.5. The molecule has 0 saturated carbocycles. The zero-order valence-electron chi connectivity index (χ0n) is 13.5. The molecule has 1 aliphatic rings. The van der Waals surface area contributed by atoms with Crippen LogP contribution in [0.25, 0.3) is 0 Å². The van der Waals surface area contributed by atoms with E-state index in [4.69, 9.17) is 4.74 Å². The van der Waals surface area contributed by atoms with E-state index < -0.39 is 0 Å². The van der Waals surface area contributed by atoms with Crippen LogP contribution >= 0.6 is 0 Å². The number of aromatic hydroxyl groups is 1. The summed E-state index contributed by atoms with van der Waals surface area (Å²) in [6, 6.07) is 13.1. The lowest BCUT2D eigenvalue weighted by Crippen LogP contribution is -2.56. The third kappa shape index (κ3) is 3.16. The molecule has 1 N–H and O–H groups in total. The number of phenols is 1. The monoisotopic (exact) mass is 311 g/mol. The number of benzene rings is 2. The summed E-state index contributed by atoms with van der Waals surface area (Å²) in [6.07, 6.45) is 0.933. The molecule has 3 rings (SSSR count). The number of aryl methyl sites for hydroxylation is 2. The van der Waals surface area contributed by atoms with Crippen molar-refractivity contribution in [3.05, 3.63) is 59.2 Å². The van der Waals surface area contributed by atoms with Crippen molar-refractivity contribution in [1.29, 1.82) is 0 Å². The molecule has 0 radical (unpaired) electrons. The third-order valence-corrected chi connectivity index (χ3v) is 4.17. The number of carbonyl (C=O) groups excluding carboxylic acids is 1. The first-order valence-corrected chi connectivity index (χ1v) is 7.92. The van der Waals surface area contributed by atoms with Crippen LogP contribution in [0.1, 0.15) is 28.4 Å². The first-order chi connectivity index (χ1) is 11.1. The summed E-state index contributed by atoms with van der Waals surface area (Å²) < 4.78 is 5.98. The minimum atomic E-state index is -0.147. The van der Waals surface area contributed by atoms with Gasteiger partial charge in [-0.1, -0.05) is 31.2 Å². The van der Waals surface area contributed by atoms with Crippen molar-refractivity contribution in [2.75, 3.05) is 13.1 Å². The summed E-state index contributed by atoms with van der Waals surface area (Å²) in [5, 5.41) is 9.92. The normalized spacial score (nSPS) is 14.4. The first kappa shape index (κ1) is 15.4. The Morgan fingerprint density at radius 2 is 2.00 bits per heavy atom. The Balaban J connectivity index is 1.61. The van der Waals surface area contributed by atoms with Crippen molar-refractivity contribution in [1.82, 2.24) is 4.90 Å². The van der Waals surface area contributed by atoms with Gasteiger partial charge in [-0.05, 0) is 42.7 Å². The van der Waals surface area contributed by atoms with Crippen LogP contribution in [0, 0.1) is 6.92 Å². The highest BCUT2D eigenvalue weighted by Gasteiger charge is 2.34. The van der Waals surface area contributed by atoms with Gasteiger partial charge in [-0.25, -0.2) is 0 Å². The Morgan fingerprint density at radius 1 is 1.26 bits per heavy atom. The summed E-state index contributed by atoms with van der Waals surface area (Å²) in [6.45, 7) is 5.07. The SMILES string of the molecule is CCc1ccccc1OC1CN(C(=O)c2ccc(C)cc2O)C1. The van der Waals surface area contributed by atoms with Crippen LogP contribution in [0.5, 0.6) is 11.5 Å². The number of hydrogen-bond acceptors (Lipinski definition) is 3. The van der Waals surface area contributed by atoms with Gasteiger partial charge in [0, 0.05) is 0 Å². The van der Waals surface area contributed by atoms with Crippen LogP contribution in [-0.2, 0) is 6.42 Å². The summed E-state index contributed by atoms with van der Waals surface area (Å²) in [5.74, 6) is 0.784. The third-order valence-electron chi connectivity index (χ3n) is 4.17. The van der Waals surface area contributed by atoms with Crippen molar-refractivity contribution in [3.63, 3.8) is 0 Å². The molecule has 0 bridgehead atoms. The van der Waals surface area contributed by atoms with E-state index in [0.29, 0.717) is 18.7 Å². The molecule has 0 aliphatic carbocycles. The molecule has 2 aromatic carbocycles. The Hall–Kier alpha value is -2.49. The Morgan fingerprint density at radius 3 is 2.70 bits per heavy atom. The second-order valence-electron chi connectivity index (χ2n) is 5.93. The second-order valence-corrected chi connectivity index (χ2v) is 5.93. The number of para-hydroxylation sites is 1. The van der Waals surface area contributed by atoms with Gasteiger partial charge in [-0.15, -0.1) is 0 Å². The van der Waals surface area contributed by atoms with Crippen LogP contribution in [-0.4, -0.2) is 35.1 Å². The van der Waals surface area contributed by atoms with Crippen LogP contribution in [0.15, 0.2) is 42.5 Å². The van der Waals surface area contributed by atoms with Crippen molar-refractivity contribution in [2.45, 2.75) is 26.4 Å². The van der Waals surface area contributed by atoms with Crippen molar-refractivity contribution < 1.29 is 14.6 Å². The van der Waals surface area contributed by atoms with Gasteiger partial charge in [-0.2, -0.15) is 0 Å². The molecule has 1 saturated heterocycles. The Bertz CT molecular complexity index is 720. The molecule has 4 nitrogen and oxygen atoms in total. The van der Waals surface area contributed by atoms with E-state index >= 15 is 0 Å². The lowest BCUT2D eigenvalue weighted by Gasteiger charge is -2.39. The molecule has 1 amide bonds. The van der Waals surface area contributed by atoms with Gasteiger partial charge in [0.15, 0.2) is 0 Å². The smallest absolute Gasteiger partial charge is 0.257 e. The van der Waals surface area contributed by atoms with Gasteiger partial charge in [0.25, 0.3) is 5.91 Å². The van der Waals surface area contributed by atoms with E-state index in [9.17, 15) is 9.90 Å². The minimum absolute atomic E-state index is 0.0132. The number of rotatable bonds is 4. The quantitative estimate of drug-likeness (QED) is 0.943. The summed E-state index contributed by atoms with van der Waals surface area (Å²) in [4.78, 5) is 14.1. The number of hydrogen-bond donors (Lipinski definition) is 1. The number of ether oxygens (including phenoxy) is 1. The molecular formula is C19H21NO3. The van der Waals surface area contributed by atoms with Gasteiger partial charge in [0.2, 0.25) is 0 Å². The zero-order chi connectivity index (χ0) is 16.4. The predicted octanol–water partition coefficient (Wildman–Crippen LogP) is 3.17. The van der Waals surface area contributed by atoms with E-state index in [-0.39, 0.29) is 17.8 Å². The van der Waals surface area contributed by atoms with Gasteiger partial charge in [0.05, 0.1) is 18.7 Å². The average molecular weight is 311 g/mol. The maximum atomic E-state index is 12.4. The lowest BCUT2D eigenvalue weighted by atomic mass is 10.1. The van der Waals surface area contributed by atoms with E-state index in [1.165, 1.54) is 5.56 Å². The lowest BCUT2D eigenvalue weighted by molar-refractivity contribution is 0.0172. The number of amides is 1. The Labute approximate surface area is 136 Å². The topological polar surface area (TPSA) is 49.8 Å². The molecule has 120 valence electrons. The van der Waals surface area contributed by atoms with Crippen LogP contribution in [0.3, 0.4) is 0 Å². The number of nitrogens with zero attached hydrogens (tertiary/aromatic N) is 1. The second kappa shape index (κ2) is 6.32. The van der Waals surface area contributed by atoms with Gasteiger partial charge in [0.1, 0.15) is 17.6 Å². The molecule has 4 heteroatoms. The Kier molecular flexibility index (Phi) is 4.24. The summed E-state index contributed by atoms with van der Waals surface area (Å²) in [5.41, 5.74) is 2.46. The molecule has 2 aromatic rings. The van der Waals surface area contributed by atoms with E-state index in [2.05, 4.69) is 13.0 Å². The maximum Gasteiger partial charge on any atom is 0.257 e. The number of carbonyl (C=O) groups is 1. The fraction of sp³-hybridized carbons (Fsp3) is 0.316. The molecular weight excluding hydrogens is 290 g/mol. The predicted molar refractivity (Wildman–Crippen MR) is 89.0 cm³/mol. The average Bonchev–Trinajstić information content (AvgIpc) is 2.50. The largest absolute Gasteiger partial charge is 0.507 e. The van der Waals surface area contributed by atoms with Crippen molar-refractivity contribution >= 4 is 5.91 Å². The van der Waals surface area contributed by atoms with E-state index in [1.807, 2.05) is 31.2 Å². The fourth-order valence-corrected chi connectivity index (χ4v) is 2.76. The maximum absolute atomic E-state index is 12.4. The number of likely N-dealkylation sites (tertiary alicyclic amines) is 1. The van der Waals surface area contributed by atoms with Crippen molar-refractivity contribution in [2.24, 2.45) is 0 Å². The minimum Gasteiger partial charge on any atom is -0.507 e. The molecule has 0 aromatic heterocycles. The standard InChI is InChI=1S/C19H21NO3/c1-3-14-6-4-5-7-18(14)23-15-11-20(12-15)19(22)16-9-8-13(2)10-17(16)21/h4-10,15,21H,3,11-12H2,1-2H3. The van der Waals surface area contributed by atoms with Crippen LogP contribution < -0.4 is 4.74 Å². The molecule has 0 unspecified atom stereocenters. The summed E-state index contributed by atoms with van der Waals surface area (Å²) in [7, 11) is 0. The molecule has 1 aliphatic heterocycles. The summed E-state index contributed by atoms with van der Waals surface area (Å²) >= 11 is 0. The number of phenolic OH excluding ortho intramolecular Hbond substituents is 1.